The molecule has 0 aliphatic heterocycles. The van der Waals surface area contributed by atoms with E-state index in [-0.39, 0.29) is 91.7 Å². The summed E-state index contributed by atoms with van der Waals surface area (Å²) in [4.78, 5) is 62.0. The topological polar surface area (TPSA) is 389 Å². The Morgan fingerprint density at radius 1 is 0.742 bits per heavy atom. The summed E-state index contributed by atoms with van der Waals surface area (Å²) in [5, 5.41) is 82.2. The van der Waals surface area contributed by atoms with Crippen molar-refractivity contribution in [3.05, 3.63) is 99.4 Å². The molecule has 5 heterocycles. The minimum Gasteiger partial charge on any atom is -0.479 e. The van der Waals surface area contributed by atoms with Gasteiger partial charge in [0, 0.05) is 5.56 Å². The summed E-state index contributed by atoms with van der Waals surface area (Å²) in [6.07, 6.45) is 2.69. The molecular formula is C35H23N19O8. The fourth-order valence-corrected chi connectivity index (χ4v) is 5.76. The predicted octanol–water partition coefficient (Wildman–Crippen LogP) is 4.26. The van der Waals surface area contributed by atoms with E-state index >= 15 is 0 Å². The van der Waals surface area contributed by atoms with Gasteiger partial charge in [-0.15, -0.1) is 20.5 Å². The number of hydrogen-bond acceptors (Lipinski definition) is 19. The van der Waals surface area contributed by atoms with Crippen LogP contribution in [0.15, 0.2) is 69.2 Å². The first-order valence-corrected chi connectivity index (χ1v) is 17.0. The fraction of sp³-hybridized carbons (Fsp3) is 0.0571. The second kappa shape index (κ2) is 15.7. The molecule has 0 unspecified atom stereocenters. The van der Waals surface area contributed by atoms with Gasteiger partial charge in [0.05, 0.1) is 58.4 Å². The molecule has 8 N–H and O–H groups in total. The standard InChI is InChI=1S/C35H23N19O8/c1-14-24(45-47-28-17(10-36)11-40-51(28)18-4-6-20(30(56)57)16(8-18)13-55)26(37)53(49-14)33-42-34(44-35(62)43-33)54-27(38)25(15(2)50-54)46-48-29-23(39-3)12-41-52(29)19-5-7-21(31(58)59)22(9-19)32(60)61/h4-9,11-13H,37-38H2,1-2H3,(H,56,57)(H,58,59)(H,60,61)(H,42,43,44,62). The molecule has 27 heteroatoms. The van der Waals surface area contributed by atoms with E-state index in [0.29, 0.717) is 6.29 Å². The highest BCUT2D eigenvalue weighted by atomic mass is 16.4. The van der Waals surface area contributed by atoms with E-state index in [1.807, 2.05) is 6.07 Å². The third kappa shape index (κ3) is 7.09. The van der Waals surface area contributed by atoms with Gasteiger partial charge in [0.25, 0.3) is 17.6 Å². The van der Waals surface area contributed by atoms with Gasteiger partial charge in [-0.25, -0.2) is 28.6 Å². The number of benzene rings is 2. The monoisotopic (exact) mass is 837 g/mol. The van der Waals surface area contributed by atoms with Crippen LogP contribution in [0.25, 0.3) is 28.1 Å². The number of aryl methyl sites for hydroxylation is 2. The van der Waals surface area contributed by atoms with E-state index in [9.17, 15) is 44.9 Å². The maximum atomic E-state index is 11.8. The number of aromatic carboxylic acids is 3. The largest absolute Gasteiger partial charge is 0.479 e. The van der Waals surface area contributed by atoms with Crippen molar-refractivity contribution in [1.82, 2.24) is 54.1 Å². The van der Waals surface area contributed by atoms with Crippen LogP contribution in [0.4, 0.5) is 40.3 Å². The first-order valence-electron chi connectivity index (χ1n) is 17.0. The van der Waals surface area contributed by atoms with Crippen LogP contribution in [-0.4, -0.2) is 98.7 Å². The van der Waals surface area contributed by atoms with Crippen LogP contribution in [0.5, 0.6) is 6.01 Å². The third-order valence-electron chi connectivity index (χ3n) is 8.65. The van der Waals surface area contributed by atoms with Crippen molar-refractivity contribution < 1.29 is 39.6 Å². The molecule has 5 aromatic heterocycles. The Kier molecular flexibility index (Phi) is 10.2. The van der Waals surface area contributed by atoms with Crippen molar-refractivity contribution in [2.24, 2.45) is 20.5 Å². The van der Waals surface area contributed by atoms with Gasteiger partial charge in [0.2, 0.25) is 0 Å². The van der Waals surface area contributed by atoms with Crippen molar-refractivity contribution in [2.75, 3.05) is 11.5 Å². The molecule has 2 aromatic carbocycles. The zero-order valence-corrected chi connectivity index (χ0v) is 31.4. The van der Waals surface area contributed by atoms with Gasteiger partial charge in [0.1, 0.15) is 11.6 Å². The van der Waals surface area contributed by atoms with Crippen LogP contribution in [0.2, 0.25) is 0 Å². The van der Waals surface area contributed by atoms with Gasteiger partial charge in [-0.3, -0.25) is 4.79 Å². The molecule has 0 atom stereocenters. The number of aromatic hydroxyl groups is 1. The van der Waals surface area contributed by atoms with E-state index < -0.39 is 35.0 Å². The van der Waals surface area contributed by atoms with Gasteiger partial charge >= 0.3 is 23.9 Å². The summed E-state index contributed by atoms with van der Waals surface area (Å²) in [5.41, 5.74) is 11.8. The number of carbonyl (C=O) groups is 4. The van der Waals surface area contributed by atoms with E-state index in [0.717, 1.165) is 37.1 Å². The molecule has 0 aliphatic carbocycles. The number of azo groups is 2. The Labute approximate surface area is 343 Å². The lowest BCUT2D eigenvalue weighted by Crippen LogP contribution is -2.13. The lowest BCUT2D eigenvalue weighted by atomic mass is 10.1. The first kappa shape index (κ1) is 40.2. The van der Waals surface area contributed by atoms with Crippen LogP contribution in [0, 0.1) is 31.8 Å². The second-order valence-corrected chi connectivity index (χ2v) is 12.4. The van der Waals surface area contributed by atoms with E-state index in [1.165, 1.54) is 44.3 Å². The van der Waals surface area contributed by atoms with Gasteiger partial charge in [-0.2, -0.15) is 50.0 Å². The number of anilines is 2. The third-order valence-corrected chi connectivity index (χ3v) is 8.65. The molecule has 0 radical (unpaired) electrons. The average molecular weight is 838 g/mol. The first-order chi connectivity index (χ1) is 29.6. The van der Waals surface area contributed by atoms with Gasteiger partial charge in [-0.1, -0.05) is 0 Å². The number of carboxylic acids is 3. The molecule has 0 spiro atoms. The van der Waals surface area contributed by atoms with Gasteiger partial charge in [-0.05, 0) is 50.2 Å². The second-order valence-electron chi connectivity index (χ2n) is 12.4. The van der Waals surface area contributed by atoms with Crippen molar-refractivity contribution in [1.29, 1.82) is 5.26 Å². The number of hydrogen-bond donors (Lipinski definition) is 6. The SMILES string of the molecule is [C-]#[N+]c1cnn(-c2ccc(C(=O)O)c(C(=O)O)c2)c1N=Nc1c(C)nn(-c2nc(O)nc(-n3nc(C)c(N=Nc4c(C#N)cnn4-c4ccc(C(=O)O)c(C=O)c4)c3N)n2)c1N. The number of nitriles is 1. The summed E-state index contributed by atoms with van der Waals surface area (Å²) in [6, 6.07) is 8.31. The van der Waals surface area contributed by atoms with Crippen molar-refractivity contribution in [3.63, 3.8) is 0 Å². The van der Waals surface area contributed by atoms with Crippen molar-refractivity contribution in [3.8, 4) is 35.4 Å². The highest BCUT2D eigenvalue weighted by molar-refractivity contribution is 6.02. The molecular weight excluding hydrogens is 815 g/mol. The zero-order chi connectivity index (χ0) is 44.6. The molecule has 62 heavy (non-hydrogen) atoms. The van der Waals surface area contributed by atoms with E-state index in [1.54, 1.807) is 0 Å². The molecule has 0 saturated carbocycles. The zero-order valence-electron chi connectivity index (χ0n) is 31.4. The predicted molar refractivity (Wildman–Crippen MR) is 207 cm³/mol. The van der Waals surface area contributed by atoms with Gasteiger partial charge < -0.3 is 31.9 Å². The van der Waals surface area contributed by atoms with Gasteiger partial charge in [0.15, 0.2) is 40.9 Å². The van der Waals surface area contributed by atoms with Crippen LogP contribution in [0.1, 0.15) is 58.4 Å². The number of nitrogens with zero attached hydrogens (tertiary/aromatic N) is 17. The summed E-state index contributed by atoms with van der Waals surface area (Å²) < 4.78 is 4.22. The summed E-state index contributed by atoms with van der Waals surface area (Å²) in [6.45, 7) is 10.6. The molecule has 0 saturated heterocycles. The number of nitrogen functional groups attached to an aromatic ring is 2. The summed E-state index contributed by atoms with van der Waals surface area (Å²) in [7, 11) is 0. The Bertz CT molecular complexity index is 3200. The van der Waals surface area contributed by atoms with Crippen molar-refractivity contribution in [2.45, 2.75) is 13.8 Å². The highest BCUT2D eigenvalue weighted by Crippen LogP contribution is 2.36. The van der Waals surface area contributed by atoms with Crippen LogP contribution in [0.3, 0.4) is 0 Å². The minimum atomic E-state index is -1.51. The molecule has 7 aromatic rings. The molecule has 27 nitrogen and oxygen atoms in total. The Morgan fingerprint density at radius 3 is 1.79 bits per heavy atom. The maximum Gasteiger partial charge on any atom is 0.336 e. The fourth-order valence-electron chi connectivity index (χ4n) is 5.76. The lowest BCUT2D eigenvalue weighted by molar-refractivity contribution is 0.0651. The number of carboxylic acid groups (broad SMARTS) is 3. The van der Waals surface area contributed by atoms with Crippen molar-refractivity contribution >= 4 is 64.5 Å². The van der Waals surface area contributed by atoms with Crippen LogP contribution < -0.4 is 11.5 Å². The highest BCUT2D eigenvalue weighted by Gasteiger charge is 2.24. The minimum absolute atomic E-state index is 0.0231. The Balaban J connectivity index is 1.22. The Hall–Kier alpha value is -10.1. The average Bonchev–Trinajstić information content (AvgIpc) is 4.00. The quantitative estimate of drug-likeness (QED) is 0.0568. The molecule has 0 amide bonds. The maximum absolute atomic E-state index is 11.8. The molecule has 0 bridgehead atoms. The number of aromatic nitrogens is 11. The van der Waals surface area contributed by atoms with E-state index in [2.05, 4.69) is 60.6 Å². The summed E-state index contributed by atoms with van der Waals surface area (Å²) in [5.74, 6) is -5.66. The number of aldehydes is 1. The number of carbonyl (C=O) groups excluding carboxylic acids is 1. The summed E-state index contributed by atoms with van der Waals surface area (Å²) >= 11 is 0. The molecule has 7 rings (SSSR count). The smallest absolute Gasteiger partial charge is 0.336 e. The van der Waals surface area contributed by atoms with Crippen LogP contribution in [-0.2, 0) is 0 Å². The number of nitrogens with two attached hydrogens (primary N) is 2. The van der Waals surface area contributed by atoms with Crippen LogP contribution >= 0.6 is 0 Å². The molecule has 306 valence electrons. The van der Waals surface area contributed by atoms with E-state index in [4.69, 9.17) is 18.0 Å². The number of rotatable bonds is 12. The normalized spacial score (nSPS) is 11.2. The Morgan fingerprint density at radius 2 is 1.26 bits per heavy atom. The molecule has 0 aliphatic rings. The molecule has 0 fully saturated rings. The lowest BCUT2D eigenvalue weighted by Gasteiger charge is -2.08.